The minimum absolute atomic E-state index is 0.383. The quantitative estimate of drug-likeness (QED) is 0.872. The predicted octanol–water partition coefficient (Wildman–Crippen LogP) is 1.28. The van der Waals surface area contributed by atoms with Crippen LogP contribution in [0, 0.1) is 0 Å². The van der Waals surface area contributed by atoms with Crippen molar-refractivity contribution in [2.75, 3.05) is 13.1 Å². The van der Waals surface area contributed by atoms with Crippen LogP contribution in [0.2, 0.25) is 0 Å². The molecule has 2 heterocycles. The topological polar surface area (TPSA) is 57.6 Å². The Kier molecular flexibility index (Phi) is 3.09. The van der Waals surface area contributed by atoms with E-state index in [4.69, 9.17) is 0 Å². The molecular weight excluding hydrogens is 246 g/mol. The number of hydrogen-bond acceptors (Lipinski definition) is 4. The van der Waals surface area contributed by atoms with E-state index in [1.807, 2.05) is 0 Å². The SMILES string of the molecule is CC1(O)CCN(S(=O)(=O)c2cccs2)CC1. The zero-order valence-corrected chi connectivity index (χ0v) is 10.7. The molecule has 1 N–H and O–H groups in total. The highest BCUT2D eigenvalue weighted by Crippen LogP contribution is 2.27. The highest BCUT2D eigenvalue weighted by molar-refractivity contribution is 7.91. The molecule has 1 saturated heterocycles. The highest BCUT2D eigenvalue weighted by atomic mass is 32.2. The Labute approximate surface area is 99.6 Å². The molecule has 2 rings (SSSR count). The van der Waals surface area contributed by atoms with Crippen molar-refractivity contribution >= 4 is 21.4 Å². The van der Waals surface area contributed by atoms with Gasteiger partial charge in [-0.2, -0.15) is 4.31 Å². The number of piperidine rings is 1. The molecule has 0 radical (unpaired) electrons. The molecule has 1 aromatic heterocycles. The van der Waals surface area contributed by atoms with Crippen molar-refractivity contribution in [2.45, 2.75) is 29.6 Å². The Balaban J connectivity index is 2.16. The van der Waals surface area contributed by atoms with Crippen LogP contribution >= 0.6 is 11.3 Å². The number of rotatable bonds is 2. The maximum atomic E-state index is 12.1. The fourth-order valence-corrected chi connectivity index (χ4v) is 4.33. The molecule has 0 unspecified atom stereocenters. The van der Waals surface area contributed by atoms with Crippen molar-refractivity contribution < 1.29 is 13.5 Å². The second-order valence-electron chi connectivity index (χ2n) is 4.33. The van der Waals surface area contributed by atoms with E-state index >= 15 is 0 Å². The largest absolute Gasteiger partial charge is 0.390 e. The molecular formula is C10H15NO3S2. The molecule has 16 heavy (non-hydrogen) atoms. The lowest BCUT2D eigenvalue weighted by molar-refractivity contribution is 0.0126. The first kappa shape index (κ1) is 12.0. The maximum Gasteiger partial charge on any atom is 0.252 e. The van der Waals surface area contributed by atoms with Crippen LogP contribution in [0.25, 0.3) is 0 Å². The zero-order chi connectivity index (χ0) is 11.8. The van der Waals surface area contributed by atoms with Gasteiger partial charge in [0.05, 0.1) is 5.60 Å². The van der Waals surface area contributed by atoms with Gasteiger partial charge < -0.3 is 5.11 Å². The number of hydrogen-bond donors (Lipinski definition) is 1. The van der Waals surface area contributed by atoms with Gasteiger partial charge in [0.15, 0.2) is 0 Å². The lowest BCUT2D eigenvalue weighted by Crippen LogP contribution is -2.44. The predicted molar refractivity (Wildman–Crippen MR) is 62.9 cm³/mol. The Morgan fingerprint density at radius 1 is 1.44 bits per heavy atom. The van der Waals surface area contributed by atoms with Gasteiger partial charge in [-0.1, -0.05) is 6.07 Å². The Bertz CT molecular complexity index is 440. The van der Waals surface area contributed by atoms with Gasteiger partial charge in [-0.15, -0.1) is 11.3 Å². The van der Waals surface area contributed by atoms with E-state index in [0.717, 1.165) is 0 Å². The van der Waals surface area contributed by atoms with Crippen LogP contribution in [0.3, 0.4) is 0 Å². The fraction of sp³-hybridized carbons (Fsp3) is 0.600. The third-order valence-corrected chi connectivity index (χ3v) is 6.16. The van der Waals surface area contributed by atoms with Crippen LogP contribution in [0.5, 0.6) is 0 Å². The normalized spacial score (nSPS) is 22.1. The van der Waals surface area contributed by atoms with Gasteiger partial charge in [-0.05, 0) is 31.2 Å². The lowest BCUT2D eigenvalue weighted by atomic mass is 9.95. The minimum atomic E-state index is -3.33. The standard InChI is InChI=1S/C10H15NO3S2/c1-10(12)4-6-11(7-5-10)16(13,14)9-3-2-8-15-9/h2-3,8,12H,4-7H2,1H3. The van der Waals surface area contributed by atoms with E-state index in [9.17, 15) is 13.5 Å². The van der Waals surface area contributed by atoms with Gasteiger partial charge >= 0.3 is 0 Å². The van der Waals surface area contributed by atoms with Crippen molar-refractivity contribution in [3.63, 3.8) is 0 Å². The third-order valence-electron chi connectivity index (χ3n) is 2.89. The van der Waals surface area contributed by atoms with Gasteiger partial charge in [0.25, 0.3) is 10.0 Å². The molecule has 90 valence electrons. The summed E-state index contributed by atoms with van der Waals surface area (Å²) in [7, 11) is -3.33. The van der Waals surface area contributed by atoms with E-state index in [1.165, 1.54) is 15.6 Å². The molecule has 0 bridgehead atoms. The summed E-state index contributed by atoms with van der Waals surface area (Å²) in [6.45, 7) is 2.54. The van der Waals surface area contributed by atoms with Crippen LogP contribution in [0.4, 0.5) is 0 Å². The van der Waals surface area contributed by atoms with Gasteiger partial charge in [0.2, 0.25) is 0 Å². The first-order valence-corrected chi connectivity index (χ1v) is 7.50. The summed E-state index contributed by atoms with van der Waals surface area (Å²) in [5.41, 5.74) is -0.721. The molecule has 0 aromatic carbocycles. The third kappa shape index (κ3) is 2.29. The molecule has 1 aromatic rings. The average molecular weight is 261 g/mol. The number of aliphatic hydroxyl groups is 1. The molecule has 1 aliphatic heterocycles. The van der Waals surface area contributed by atoms with Crippen molar-refractivity contribution in [1.82, 2.24) is 4.31 Å². The van der Waals surface area contributed by atoms with Crippen molar-refractivity contribution in [1.29, 1.82) is 0 Å². The average Bonchev–Trinajstić information content (AvgIpc) is 2.70. The van der Waals surface area contributed by atoms with Crippen molar-refractivity contribution in [2.24, 2.45) is 0 Å². The number of sulfonamides is 1. The van der Waals surface area contributed by atoms with Gasteiger partial charge in [0.1, 0.15) is 4.21 Å². The molecule has 0 saturated carbocycles. The summed E-state index contributed by atoms with van der Waals surface area (Å²) < 4.78 is 26.1. The second-order valence-corrected chi connectivity index (χ2v) is 7.45. The zero-order valence-electron chi connectivity index (χ0n) is 9.09. The Hall–Kier alpha value is -0.430. The summed E-state index contributed by atoms with van der Waals surface area (Å²) >= 11 is 1.23. The monoisotopic (exact) mass is 261 g/mol. The van der Waals surface area contributed by atoms with Gasteiger partial charge in [0, 0.05) is 13.1 Å². The second kappa shape index (κ2) is 4.10. The minimum Gasteiger partial charge on any atom is -0.390 e. The molecule has 6 heteroatoms. The van der Waals surface area contributed by atoms with E-state index < -0.39 is 15.6 Å². The van der Waals surface area contributed by atoms with Crippen LogP contribution in [-0.2, 0) is 10.0 Å². The molecule has 0 aliphatic carbocycles. The van der Waals surface area contributed by atoms with Crippen LogP contribution in [0.15, 0.2) is 21.7 Å². The molecule has 1 fully saturated rings. The maximum absolute atomic E-state index is 12.1. The van der Waals surface area contributed by atoms with Crippen LogP contribution in [-0.4, -0.2) is 36.5 Å². The van der Waals surface area contributed by atoms with E-state index in [1.54, 1.807) is 24.4 Å². The summed E-state index contributed by atoms with van der Waals surface area (Å²) in [6, 6.07) is 3.35. The van der Waals surface area contributed by atoms with Gasteiger partial charge in [-0.3, -0.25) is 0 Å². The van der Waals surface area contributed by atoms with E-state index in [2.05, 4.69) is 0 Å². The van der Waals surface area contributed by atoms with Crippen molar-refractivity contribution in [3.8, 4) is 0 Å². The fourth-order valence-electron chi connectivity index (χ4n) is 1.75. The lowest BCUT2D eigenvalue weighted by Gasteiger charge is -2.34. The Morgan fingerprint density at radius 3 is 2.56 bits per heavy atom. The summed E-state index contributed by atoms with van der Waals surface area (Å²) in [6.07, 6.45) is 0.995. The number of thiophene rings is 1. The first-order chi connectivity index (χ1) is 7.42. The van der Waals surface area contributed by atoms with Crippen LogP contribution < -0.4 is 0 Å². The molecule has 4 nitrogen and oxygen atoms in total. The molecule has 0 atom stereocenters. The highest BCUT2D eigenvalue weighted by Gasteiger charge is 2.34. The Morgan fingerprint density at radius 2 is 2.06 bits per heavy atom. The van der Waals surface area contributed by atoms with Crippen LogP contribution in [0.1, 0.15) is 19.8 Å². The van der Waals surface area contributed by atoms with E-state index in [-0.39, 0.29) is 0 Å². The molecule has 1 aliphatic rings. The summed E-state index contributed by atoms with van der Waals surface area (Å²) in [5, 5.41) is 11.5. The van der Waals surface area contributed by atoms with Crippen molar-refractivity contribution in [3.05, 3.63) is 17.5 Å². The number of nitrogens with zero attached hydrogens (tertiary/aromatic N) is 1. The smallest absolute Gasteiger partial charge is 0.252 e. The molecule has 0 amide bonds. The van der Waals surface area contributed by atoms with E-state index in [0.29, 0.717) is 30.1 Å². The molecule has 0 spiro atoms. The summed E-state index contributed by atoms with van der Waals surface area (Å²) in [4.78, 5) is 0. The first-order valence-electron chi connectivity index (χ1n) is 5.18. The van der Waals surface area contributed by atoms with Gasteiger partial charge in [-0.25, -0.2) is 8.42 Å². The summed E-state index contributed by atoms with van der Waals surface area (Å²) in [5.74, 6) is 0.